The van der Waals surface area contributed by atoms with Crippen molar-refractivity contribution in [3.63, 3.8) is 0 Å². The van der Waals surface area contributed by atoms with Gasteiger partial charge in [0.05, 0.1) is 6.54 Å². The molecule has 3 heterocycles. The van der Waals surface area contributed by atoms with Gasteiger partial charge in [0.25, 0.3) is 0 Å². The lowest BCUT2D eigenvalue weighted by atomic mass is 9.77. The summed E-state index contributed by atoms with van der Waals surface area (Å²) in [6.45, 7) is 0.989. The van der Waals surface area contributed by atoms with Gasteiger partial charge in [0, 0.05) is 22.2 Å². The van der Waals surface area contributed by atoms with E-state index in [1.165, 1.54) is 4.90 Å². The molecule has 0 fully saturated rings. The number of carbonyl (C=O) groups is 1. The average molecular weight is 417 g/mol. The number of hydrogen-bond donors (Lipinski definition) is 0. The predicted molar refractivity (Wildman–Crippen MR) is 115 cm³/mol. The van der Waals surface area contributed by atoms with Gasteiger partial charge in [-0.2, -0.15) is 0 Å². The number of para-hydroxylation sites is 1. The number of ether oxygens (including phenoxy) is 3. The molecule has 0 radical (unpaired) electrons. The van der Waals surface area contributed by atoms with Crippen LogP contribution in [0.1, 0.15) is 16.7 Å². The molecule has 6 rings (SSSR count). The summed E-state index contributed by atoms with van der Waals surface area (Å²) in [5, 5.41) is 0. The van der Waals surface area contributed by atoms with E-state index in [9.17, 15) is 4.79 Å². The molecule has 0 N–H and O–H groups in total. The fraction of sp³-hybridized carbons (Fsp3) is 0.208. The number of rotatable bonds is 3. The molecule has 1 unspecified atom stereocenters. The number of anilines is 1. The Bertz CT molecular complexity index is 1180. The Kier molecular flexibility index (Phi) is 3.80. The third-order valence-electron chi connectivity index (χ3n) is 6.14. The molecule has 30 heavy (non-hydrogen) atoms. The molecule has 3 aliphatic rings. The maximum absolute atomic E-state index is 13.9. The van der Waals surface area contributed by atoms with Crippen LogP contribution in [0.4, 0.5) is 5.69 Å². The van der Waals surface area contributed by atoms with E-state index in [2.05, 4.69) is 30.5 Å². The molecule has 0 bridgehead atoms. The largest absolute Gasteiger partial charge is 0.491 e. The Morgan fingerprint density at radius 3 is 2.50 bits per heavy atom. The minimum atomic E-state index is -0.855. The lowest BCUT2D eigenvalue weighted by molar-refractivity contribution is -0.122. The number of nitrogens with zero attached hydrogens (tertiary/aromatic N) is 1. The summed E-state index contributed by atoms with van der Waals surface area (Å²) >= 11 is 1.71. The predicted octanol–water partition coefficient (Wildman–Crippen LogP) is 4.36. The molecule has 5 nitrogen and oxygen atoms in total. The number of fused-ring (bicyclic) bond motifs is 5. The van der Waals surface area contributed by atoms with Gasteiger partial charge in [-0.25, -0.2) is 0 Å². The van der Waals surface area contributed by atoms with Crippen LogP contribution in [-0.2, 0) is 16.8 Å². The van der Waals surface area contributed by atoms with Crippen LogP contribution < -0.4 is 19.1 Å². The van der Waals surface area contributed by atoms with E-state index >= 15 is 0 Å². The van der Waals surface area contributed by atoms with Gasteiger partial charge in [-0.1, -0.05) is 30.3 Å². The maximum atomic E-state index is 13.9. The number of hydrogen-bond acceptors (Lipinski definition) is 5. The number of thioether (sulfide) groups is 1. The van der Waals surface area contributed by atoms with Crippen LogP contribution >= 0.6 is 11.8 Å². The van der Waals surface area contributed by atoms with Crippen LogP contribution in [0, 0.1) is 0 Å². The van der Waals surface area contributed by atoms with Crippen LogP contribution in [0.3, 0.4) is 0 Å². The highest BCUT2D eigenvalue weighted by molar-refractivity contribution is 7.98. The molecule has 1 amide bonds. The normalized spacial score (nSPS) is 20.4. The zero-order valence-electron chi connectivity index (χ0n) is 16.4. The highest BCUT2D eigenvalue weighted by atomic mass is 32.2. The third-order valence-corrected chi connectivity index (χ3v) is 6.89. The van der Waals surface area contributed by atoms with Gasteiger partial charge in [0.15, 0.2) is 11.5 Å². The van der Waals surface area contributed by atoms with Crippen LogP contribution in [0.25, 0.3) is 0 Å². The highest BCUT2D eigenvalue weighted by Gasteiger charge is 2.57. The quantitative estimate of drug-likeness (QED) is 0.593. The lowest BCUT2D eigenvalue weighted by Crippen LogP contribution is -2.42. The van der Waals surface area contributed by atoms with Crippen molar-refractivity contribution in [1.82, 2.24) is 0 Å². The number of amides is 1. The van der Waals surface area contributed by atoms with E-state index in [1.54, 1.807) is 11.8 Å². The van der Waals surface area contributed by atoms with Crippen molar-refractivity contribution in [1.29, 1.82) is 0 Å². The summed E-state index contributed by atoms with van der Waals surface area (Å²) in [5.74, 6) is 2.05. The molecule has 3 aromatic carbocycles. The van der Waals surface area contributed by atoms with Crippen molar-refractivity contribution in [3.05, 3.63) is 77.4 Å². The molecule has 1 spiro atoms. The molecule has 150 valence electrons. The minimum absolute atomic E-state index is 0.0373. The van der Waals surface area contributed by atoms with Gasteiger partial charge in [0.2, 0.25) is 12.7 Å². The smallest absolute Gasteiger partial charge is 0.246 e. The first-order valence-corrected chi connectivity index (χ1v) is 11.0. The van der Waals surface area contributed by atoms with Crippen molar-refractivity contribution in [2.24, 2.45) is 0 Å². The van der Waals surface area contributed by atoms with E-state index < -0.39 is 5.41 Å². The second-order valence-electron chi connectivity index (χ2n) is 7.65. The maximum Gasteiger partial charge on any atom is 0.246 e. The average Bonchev–Trinajstić information content (AvgIpc) is 3.46. The van der Waals surface area contributed by atoms with Gasteiger partial charge < -0.3 is 19.1 Å². The van der Waals surface area contributed by atoms with Crippen molar-refractivity contribution in [2.45, 2.75) is 16.9 Å². The monoisotopic (exact) mass is 417 g/mol. The summed E-state index contributed by atoms with van der Waals surface area (Å²) in [4.78, 5) is 17.0. The summed E-state index contributed by atoms with van der Waals surface area (Å²) in [6, 6.07) is 20.1. The van der Waals surface area contributed by atoms with Gasteiger partial charge in [-0.05, 0) is 41.6 Å². The molecule has 0 aliphatic carbocycles. The van der Waals surface area contributed by atoms with E-state index in [1.807, 2.05) is 41.3 Å². The first kappa shape index (κ1) is 17.7. The number of carbonyl (C=O) groups excluding carboxylic acids is 1. The highest BCUT2D eigenvalue weighted by Crippen LogP contribution is 2.55. The fourth-order valence-corrected chi connectivity index (χ4v) is 5.04. The summed E-state index contributed by atoms with van der Waals surface area (Å²) in [7, 11) is 0. The molecular formula is C24H19NO4S. The lowest BCUT2D eigenvalue weighted by Gasteiger charge is -2.23. The van der Waals surface area contributed by atoms with E-state index in [0.29, 0.717) is 23.8 Å². The second kappa shape index (κ2) is 6.44. The summed E-state index contributed by atoms with van der Waals surface area (Å²) in [6.07, 6.45) is 2.06. The molecular weight excluding hydrogens is 398 g/mol. The first-order valence-electron chi connectivity index (χ1n) is 9.82. The van der Waals surface area contributed by atoms with E-state index in [0.717, 1.165) is 22.4 Å². The zero-order chi connectivity index (χ0) is 20.3. The fourth-order valence-electron chi connectivity index (χ4n) is 4.64. The molecule has 0 saturated carbocycles. The van der Waals surface area contributed by atoms with Crippen molar-refractivity contribution in [3.8, 4) is 17.2 Å². The van der Waals surface area contributed by atoms with Gasteiger partial charge in [-0.15, -0.1) is 11.8 Å². The van der Waals surface area contributed by atoms with Crippen LogP contribution in [0.15, 0.2) is 65.6 Å². The molecule has 0 aromatic heterocycles. The van der Waals surface area contributed by atoms with Gasteiger partial charge in [0.1, 0.15) is 17.8 Å². The van der Waals surface area contributed by atoms with Crippen LogP contribution in [-0.4, -0.2) is 25.6 Å². The second-order valence-corrected chi connectivity index (χ2v) is 8.53. The van der Waals surface area contributed by atoms with Gasteiger partial charge >= 0.3 is 0 Å². The zero-order valence-corrected chi connectivity index (χ0v) is 17.2. The Morgan fingerprint density at radius 1 is 0.933 bits per heavy atom. The Balaban J connectivity index is 1.46. The van der Waals surface area contributed by atoms with Gasteiger partial charge in [-0.3, -0.25) is 4.79 Å². The topological polar surface area (TPSA) is 48.0 Å². The number of benzene rings is 3. The van der Waals surface area contributed by atoms with E-state index in [4.69, 9.17) is 14.2 Å². The third kappa shape index (κ3) is 2.34. The molecule has 6 heteroatoms. The Morgan fingerprint density at radius 2 is 1.70 bits per heavy atom. The van der Waals surface area contributed by atoms with Crippen LogP contribution in [0.2, 0.25) is 0 Å². The SMILES string of the molecule is CSc1ccc(CN2C(=O)C3(COc4cc5c(cc43)OCO5)c3ccccc32)cc1. The first-order chi connectivity index (χ1) is 14.7. The van der Waals surface area contributed by atoms with Crippen molar-refractivity contribution >= 4 is 23.4 Å². The van der Waals surface area contributed by atoms with Crippen molar-refractivity contribution in [2.75, 3.05) is 24.6 Å². The van der Waals surface area contributed by atoms with E-state index in [-0.39, 0.29) is 19.3 Å². The molecule has 3 aromatic rings. The van der Waals surface area contributed by atoms with Crippen molar-refractivity contribution < 1.29 is 19.0 Å². The standard InChI is InChI=1S/C24H19NO4S/c1-30-16-8-6-15(7-9-16)12-25-19-5-3-2-4-17(19)24(23(25)26)13-27-20-11-22-21(10-18(20)24)28-14-29-22/h2-11H,12-14H2,1H3. The summed E-state index contributed by atoms with van der Waals surface area (Å²) < 4.78 is 17.1. The minimum Gasteiger partial charge on any atom is -0.491 e. The molecule has 1 atom stereocenters. The Hall–Kier alpha value is -3.12. The Labute approximate surface area is 178 Å². The molecule has 3 aliphatic heterocycles. The summed E-state index contributed by atoms with van der Waals surface area (Å²) in [5.41, 5.74) is 3.01. The molecule has 0 saturated heterocycles. The van der Waals surface area contributed by atoms with Crippen LogP contribution in [0.5, 0.6) is 17.2 Å².